The van der Waals surface area contributed by atoms with Crippen LogP contribution in [0.5, 0.6) is 5.75 Å². The Balaban J connectivity index is 1.67. The molecule has 1 aliphatic rings. The molecular formula is C26H30Cl4N4O4S. The van der Waals surface area contributed by atoms with E-state index in [4.69, 9.17) is 51.1 Å². The molecule has 39 heavy (non-hydrogen) atoms. The van der Waals surface area contributed by atoms with Crippen molar-refractivity contribution in [2.75, 3.05) is 58.8 Å². The summed E-state index contributed by atoms with van der Waals surface area (Å²) < 4.78 is 32.8. The summed E-state index contributed by atoms with van der Waals surface area (Å²) in [6, 6.07) is 10.0. The topological polar surface area (TPSA) is 75.1 Å². The normalized spacial score (nSPS) is 14.9. The fourth-order valence-corrected chi connectivity index (χ4v) is 6.69. The summed E-state index contributed by atoms with van der Waals surface area (Å²) in [7, 11) is 1.57. The maximum Gasteiger partial charge on any atom is 0.274 e. The molecule has 2 heterocycles. The Morgan fingerprint density at radius 2 is 1.74 bits per heavy atom. The minimum Gasteiger partial charge on any atom is -0.495 e. The van der Waals surface area contributed by atoms with Crippen molar-refractivity contribution in [3.63, 3.8) is 0 Å². The third-order valence-electron chi connectivity index (χ3n) is 6.72. The third-order valence-corrected chi connectivity index (χ3v) is 9.11. The van der Waals surface area contributed by atoms with Gasteiger partial charge in [0.25, 0.3) is 19.7 Å². The largest absolute Gasteiger partial charge is 0.495 e. The zero-order valence-electron chi connectivity index (χ0n) is 21.8. The fourth-order valence-electron chi connectivity index (χ4n) is 4.74. The van der Waals surface area contributed by atoms with Crippen LogP contribution in [0.15, 0.2) is 47.5 Å². The second kappa shape index (κ2) is 11.9. The van der Waals surface area contributed by atoms with Gasteiger partial charge in [0.2, 0.25) is 0 Å². The zero-order chi connectivity index (χ0) is 28.5. The van der Waals surface area contributed by atoms with Gasteiger partial charge in [0.05, 0.1) is 23.2 Å². The number of rotatable bonds is 8. The molecule has 0 saturated carbocycles. The molecule has 8 nitrogen and oxygen atoms in total. The highest BCUT2D eigenvalue weighted by molar-refractivity contribution is 7.90. The molecule has 0 unspecified atom stereocenters. The lowest BCUT2D eigenvalue weighted by Crippen LogP contribution is -2.51. The van der Waals surface area contributed by atoms with Gasteiger partial charge in [-0.05, 0) is 75.4 Å². The van der Waals surface area contributed by atoms with Crippen LogP contribution >= 0.6 is 46.4 Å². The number of hydrogen-bond donors (Lipinski definition) is 0. The monoisotopic (exact) mass is 634 g/mol. The number of hydrogen-bond acceptors (Lipinski definition) is 6. The van der Waals surface area contributed by atoms with E-state index >= 15 is 0 Å². The number of benzene rings is 2. The van der Waals surface area contributed by atoms with E-state index in [0.29, 0.717) is 54.6 Å². The van der Waals surface area contributed by atoms with E-state index in [1.54, 1.807) is 30.5 Å². The van der Waals surface area contributed by atoms with Gasteiger partial charge in [-0.15, -0.1) is 0 Å². The van der Waals surface area contributed by atoms with Crippen molar-refractivity contribution in [1.82, 2.24) is 13.8 Å². The molecule has 1 aliphatic heterocycles. The molecule has 0 atom stereocenters. The van der Waals surface area contributed by atoms with Gasteiger partial charge in [0.15, 0.2) is 0 Å². The SMILES string of the molecule is COc1ccc(S(=O)(=O)n2cc(CCCN(C)C)c3cc(Cl)ccc32)cc1N1CCN(C(=O)C(Cl)(Cl)Cl)CC1. The van der Waals surface area contributed by atoms with Gasteiger partial charge in [-0.1, -0.05) is 46.4 Å². The van der Waals surface area contributed by atoms with Crippen molar-refractivity contribution in [1.29, 1.82) is 0 Å². The van der Waals surface area contributed by atoms with Crippen molar-refractivity contribution in [3.8, 4) is 5.75 Å². The Hall–Kier alpha value is -1.88. The Morgan fingerprint density at radius 1 is 1.05 bits per heavy atom. The second-order valence-electron chi connectivity index (χ2n) is 9.63. The average molecular weight is 636 g/mol. The summed E-state index contributed by atoms with van der Waals surface area (Å²) in [5.41, 5.74) is 2.09. The third kappa shape index (κ3) is 6.55. The van der Waals surface area contributed by atoms with Crippen LogP contribution in [-0.2, 0) is 21.2 Å². The Bertz CT molecular complexity index is 1460. The van der Waals surface area contributed by atoms with Crippen molar-refractivity contribution in [2.24, 2.45) is 0 Å². The van der Waals surface area contributed by atoms with Crippen LogP contribution in [-0.4, -0.2) is 85.8 Å². The van der Waals surface area contributed by atoms with Crippen LogP contribution in [0, 0.1) is 0 Å². The molecule has 1 saturated heterocycles. The Morgan fingerprint density at radius 3 is 2.36 bits per heavy atom. The first kappa shape index (κ1) is 30.1. The molecule has 4 rings (SSSR count). The molecular weight excluding hydrogens is 606 g/mol. The van der Waals surface area contributed by atoms with Gasteiger partial charge in [-0.3, -0.25) is 4.79 Å². The molecule has 1 amide bonds. The maximum absolute atomic E-state index is 14.0. The molecule has 0 spiro atoms. The van der Waals surface area contributed by atoms with E-state index in [0.717, 1.165) is 23.9 Å². The van der Waals surface area contributed by atoms with E-state index in [-0.39, 0.29) is 4.90 Å². The van der Waals surface area contributed by atoms with E-state index in [1.165, 1.54) is 22.0 Å². The van der Waals surface area contributed by atoms with Gasteiger partial charge < -0.3 is 19.4 Å². The number of anilines is 1. The molecule has 0 N–H and O–H groups in total. The van der Waals surface area contributed by atoms with Gasteiger partial charge in [0.1, 0.15) is 5.75 Å². The highest BCUT2D eigenvalue weighted by atomic mass is 35.6. The number of fused-ring (bicyclic) bond motifs is 1. The van der Waals surface area contributed by atoms with Crippen molar-refractivity contribution in [3.05, 3.63) is 53.2 Å². The number of methoxy groups -OCH3 is 1. The quantitative estimate of drug-likeness (QED) is 0.323. The first-order valence-electron chi connectivity index (χ1n) is 12.3. The molecule has 1 fully saturated rings. The number of aryl methyl sites for hydroxylation is 1. The molecule has 2 aromatic carbocycles. The van der Waals surface area contributed by atoms with Crippen molar-refractivity contribution < 1.29 is 17.9 Å². The predicted octanol–water partition coefficient (Wildman–Crippen LogP) is 5.05. The maximum atomic E-state index is 14.0. The fraction of sp³-hybridized carbons (Fsp3) is 0.423. The number of ether oxygens (including phenoxy) is 1. The summed E-state index contributed by atoms with van der Waals surface area (Å²) in [4.78, 5) is 18.0. The van der Waals surface area contributed by atoms with E-state index in [2.05, 4.69) is 4.90 Å². The van der Waals surface area contributed by atoms with Crippen molar-refractivity contribution in [2.45, 2.75) is 21.5 Å². The van der Waals surface area contributed by atoms with Crippen molar-refractivity contribution >= 4 is 78.9 Å². The van der Waals surface area contributed by atoms with Crippen LogP contribution in [0.3, 0.4) is 0 Å². The Labute approximate surface area is 248 Å². The van der Waals surface area contributed by atoms with Gasteiger partial charge in [-0.2, -0.15) is 0 Å². The molecule has 0 aliphatic carbocycles. The number of alkyl halides is 3. The molecule has 212 valence electrons. The molecule has 0 radical (unpaired) electrons. The number of carbonyl (C=O) groups is 1. The number of carbonyl (C=O) groups excluding carboxylic acids is 1. The molecule has 3 aromatic rings. The standard InChI is InChI=1S/C26H30Cl4N4O4S/c1-31(2)10-4-5-18-17-34(22-8-6-19(27)15-21(18)22)39(36,37)20-7-9-24(38-3)23(16-20)32-11-13-33(14-12-32)25(35)26(28,29)30/h6-9,15-17H,4-5,10-14H2,1-3H3. The molecule has 13 heteroatoms. The summed E-state index contributed by atoms with van der Waals surface area (Å²) in [5.74, 6) is -0.0694. The second-order valence-corrected chi connectivity index (χ2v) is 14.2. The lowest BCUT2D eigenvalue weighted by Gasteiger charge is -2.37. The predicted molar refractivity (Wildman–Crippen MR) is 158 cm³/mol. The van der Waals surface area contributed by atoms with Gasteiger partial charge in [-0.25, -0.2) is 12.4 Å². The smallest absolute Gasteiger partial charge is 0.274 e. The van der Waals surface area contributed by atoms with Crippen LogP contribution in [0.2, 0.25) is 5.02 Å². The van der Waals surface area contributed by atoms with Gasteiger partial charge in [0, 0.05) is 42.8 Å². The minimum atomic E-state index is -3.96. The van der Waals surface area contributed by atoms with E-state index < -0.39 is 19.7 Å². The van der Waals surface area contributed by atoms with E-state index in [1.807, 2.05) is 25.1 Å². The molecule has 0 bridgehead atoms. The highest BCUT2D eigenvalue weighted by Gasteiger charge is 2.37. The van der Waals surface area contributed by atoms with Gasteiger partial charge >= 0.3 is 0 Å². The van der Waals surface area contributed by atoms with Crippen LogP contribution in [0.1, 0.15) is 12.0 Å². The first-order valence-corrected chi connectivity index (χ1v) is 15.3. The van der Waals surface area contributed by atoms with Crippen LogP contribution < -0.4 is 9.64 Å². The van der Waals surface area contributed by atoms with E-state index in [9.17, 15) is 13.2 Å². The average Bonchev–Trinajstić information content (AvgIpc) is 3.25. The lowest BCUT2D eigenvalue weighted by atomic mass is 10.1. The zero-order valence-corrected chi connectivity index (χ0v) is 25.7. The number of aromatic nitrogens is 1. The summed E-state index contributed by atoms with van der Waals surface area (Å²) >= 11 is 23.6. The van der Waals surface area contributed by atoms with Crippen LogP contribution in [0.4, 0.5) is 5.69 Å². The highest BCUT2D eigenvalue weighted by Crippen LogP contribution is 2.35. The van der Waals surface area contributed by atoms with Crippen LogP contribution in [0.25, 0.3) is 10.9 Å². The summed E-state index contributed by atoms with van der Waals surface area (Å²) in [6.07, 6.45) is 3.28. The number of nitrogens with zero attached hydrogens (tertiary/aromatic N) is 4. The first-order chi connectivity index (χ1) is 18.3. The minimum absolute atomic E-state index is 0.116. The summed E-state index contributed by atoms with van der Waals surface area (Å²) in [6.45, 7) is 2.32. The number of halogens is 4. The Kier molecular flexibility index (Phi) is 9.20. The number of amides is 1. The lowest BCUT2D eigenvalue weighted by molar-refractivity contribution is -0.130. The molecule has 1 aromatic heterocycles. The summed E-state index contributed by atoms with van der Waals surface area (Å²) in [5, 5.41) is 1.36. The number of piperazine rings is 1.